The number of hydrogen-bond acceptors (Lipinski definition) is 4. The van der Waals surface area contributed by atoms with Crippen molar-refractivity contribution in [3.63, 3.8) is 0 Å². The van der Waals surface area contributed by atoms with Gasteiger partial charge in [0.15, 0.2) is 11.5 Å². The SMILES string of the molecule is COc1cc(C(=O)N2CCC(C(N)=O)c3ccccc32)cc(Cl)c1OC. The molecule has 26 heavy (non-hydrogen) atoms. The number of primary amides is 1. The number of benzene rings is 2. The van der Waals surface area contributed by atoms with Crippen LogP contribution >= 0.6 is 11.6 Å². The molecule has 0 aromatic heterocycles. The lowest BCUT2D eigenvalue weighted by Crippen LogP contribution is -2.39. The minimum absolute atomic E-state index is 0.233. The summed E-state index contributed by atoms with van der Waals surface area (Å²) in [6.45, 7) is 0.384. The van der Waals surface area contributed by atoms with Crippen molar-refractivity contribution >= 4 is 29.1 Å². The highest BCUT2D eigenvalue weighted by Gasteiger charge is 2.32. The van der Waals surface area contributed by atoms with Crippen molar-refractivity contribution < 1.29 is 19.1 Å². The second-order valence-electron chi connectivity index (χ2n) is 5.95. The van der Waals surface area contributed by atoms with Crippen LogP contribution in [0.3, 0.4) is 0 Å². The first-order valence-corrected chi connectivity index (χ1v) is 8.47. The number of fused-ring (bicyclic) bond motifs is 1. The Morgan fingerprint density at radius 3 is 2.58 bits per heavy atom. The Morgan fingerprint density at radius 2 is 1.92 bits per heavy atom. The van der Waals surface area contributed by atoms with E-state index < -0.39 is 11.8 Å². The second-order valence-corrected chi connectivity index (χ2v) is 6.36. The molecule has 0 radical (unpaired) electrons. The summed E-state index contributed by atoms with van der Waals surface area (Å²) < 4.78 is 10.5. The van der Waals surface area contributed by atoms with Gasteiger partial charge in [-0.2, -0.15) is 0 Å². The largest absolute Gasteiger partial charge is 0.493 e. The van der Waals surface area contributed by atoms with Gasteiger partial charge in [0.1, 0.15) is 0 Å². The van der Waals surface area contributed by atoms with E-state index in [2.05, 4.69) is 0 Å². The molecule has 7 heteroatoms. The number of anilines is 1. The molecule has 2 N–H and O–H groups in total. The van der Waals surface area contributed by atoms with E-state index in [-0.39, 0.29) is 10.9 Å². The van der Waals surface area contributed by atoms with Crippen LogP contribution in [0.4, 0.5) is 5.69 Å². The molecule has 2 aromatic carbocycles. The minimum Gasteiger partial charge on any atom is -0.493 e. The average molecular weight is 375 g/mol. The van der Waals surface area contributed by atoms with E-state index in [1.807, 2.05) is 24.3 Å². The van der Waals surface area contributed by atoms with Crippen molar-refractivity contribution in [3.05, 3.63) is 52.5 Å². The van der Waals surface area contributed by atoms with Gasteiger partial charge in [-0.05, 0) is 30.2 Å². The van der Waals surface area contributed by atoms with Crippen LogP contribution in [0, 0.1) is 0 Å². The van der Waals surface area contributed by atoms with Gasteiger partial charge in [-0.1, -0.05) is 29.8 Å². The third-order valence-corrected chi connectivity index (χ3v) is 4.79. The predicted molar refractivity (Wildman–Crippen MR) is 99.2 cm³/mol. The third-order valence-electron chi connectivity index (χ3n) is 4.51. The molecular formula is C19H19ClN2O4. The van der Waals surface area contributed by atoms with Gasteiger partial charge in [-0.25, -0.2) is 0 Å². The maximum Gasteiger partial charge on any atom is 0.258 e. The Bertz CT molecular complexity index is 869. The number of halogens is 1. The van der Waals surface area contributed by atoms with Gasteiger partial charge in [0.05, 0.1) is 25.2 Å². The lowest BCUT2D eigenvalue weighted by atomic mass is 9.89. The van der Waals surface area contributed by atoms with E-state index in [1.165, 1.54) is 14.2 Å². The van der Waals surface area contributed by atoms with Crippen LogP contribution in [0.1, 0.15) is 28.3 Å². The summed E-state index contributed by atoms with van der Waals surface area (Å²) in [7, 11) is 2.96. The number of nitrogens with two attached hydrogens (primary N) is 1. The van der Waals surface area contributed by atoms with Crippen LogP contribution in [0.25, 0.3) is 0 Å². The average Bonchev–Trinajstić information content (AvgIpc) is 2.65. The summed E-state index contributed by atoms with van der Waals surface area (Å²) in [6.07, 6.45) is 0.471. The highest BCUT2D eigenvalue weighted by atomic mass is 35.5. The van der Waals surface area contributed by atoms with Gasteiger partial charge in [0.25, 0.3) is 5.91 Å². The second kappa shape index (κ2) is 7.25. The standard InChI is InChI=1S/C19H19ClN2O4/c1-25-16-10-11(9-14(20)17(16)26-2)19(24)22-8-7-13(18(21)23)12-5-3-4-6-15(12)22/h3-6,9-10,13H,7-8H2,1-2H3,(H2,21,23). The number of para-hydroxylation sites is 1. The predicted octanol–water partition coefficient (Wildman–Crippen LogP) is 2.98. The Kier molecular flexibility index (Phi) is 5.04. The molecule has 0 aliphatic carbocycles. The summed E-state index contributed by atoms with van der Waals surface area (Å²) in [5.41, 5.74) is 7.32. The van der Waals surface area contributed by atoms with E-state index in [1.54, 1.807) is 17.0 Å². The van der Waals surface area contributed by atoms with Crippen molar-refractivity contribution in [2.75, 3.05) is 25.7 Å². The van der Waals surface area contributed by atoms with E-state index in [0.717, 1.165) is 5.56 Å². The highest BCUT2D eigenvalue weighted by molar-refractivity contribution is 6.32. The fourth-order valence-corrected chi connectivity index (χ4v) is 3.55. The lowest BCUT2D eigenvalue weighted by Gasteiger charge is -2.33. The maximum atomic E-state index is 13.1. The van der Waals surface area contributed by atoms with Gasteiger partial charge in [-0.15, -0.1) is 0 Å². The fraction of sp³-hybridized carbons (Fsp3) is 0.263. The Labute approximate surface area is 156 Å². The van der Waals surface area contributed by atoms with Crippen LogP contribution < -0.4 is 20.1 Å². The Morgan fingerprint density at radius 1 is 1.19 bits per heavy atom. The van der Waals surface area contributed by atoms with Crippen LogP contribution in [-0.2, 0) is 4.79 Å². The van der Waals surface area contributed by atoms with Crippen molar-refractivity contribution in [3.8, 4) is 11.5 Å². The molecule has 0 spiro atoms. The quantitative estimate of drug-likeness (QED) is 0.891. The summed E-state index contributed by atoms with van der Waals surface area (Å²) >= 11 is 6.22. The zero-order chi connectivity index (χ0) is 18.8. The molecule has 1 atom stereocenters. The molecule has 0 saturated heterocycles. The number of carbonyl (C=O) groups is 2. The number of amides is 2. The van der Waals surface area contributed by atoms with Gasteiger partial charge in [-0.3, -0.25) is 9.59 Å². The van der Waals surface area contributed by atoms with Crippen molar-refractivity contribution in [1.82, 2.24) is 0 Å². The molecule has 2 amide bonds. The molecule has 1 aliphatic heterocycles. The minimum atomic E-state index is -0.399. The normalized spacial score (nSPS) is 16.0. The molecule has 0 fully saturated rings. The van der Waals surface area contributed by atoms with E-state index in [0.29, 0.717) is 35.7 Å². The molecule has 0 saturated carbocycles. The molecule has 6 nitrogen and oxygen atoms in total. The van der Waals surface area contributed by atoms with E-state index in [9.17, 15) is 9.59 Å². The molecule has 3 rings (SSSR count). The van der Waals surface area contributed by atoms with E-state index in [4.69, 9.17) is 26.8 Å². The zero-order valence-corrected chi connectivity index (χ0v) is 15.2. The number of nitrogens with zero attached hydrogens (tertiary/aromatic N) is 1. The van der Waals surface area contributed by atoms with Crippen molar-refractivity contribution in [2.45, 2.75) is 12.3 Å². The lowest BCUT2D eigenvalue weighted by molar-refractivity contribution is -0.119. The monoisotopic (exact) mass is 374 g/mol. The summed E-state index contributed by atoms with van der Waals surface area (Å²) in [4.78, 5) is 26.5. The number of hydrogen-bond donors (Lipinski definition) is 1. The first-order valence-electron chi connectivity index (χ1n) is 8.09. The fourth-order valence-electron chi connectivity index (χ4n) is 3.27. The Hall–Kier alpha value is -2.73. The summed E-state index contributed by atoms with van der Waals surface area (Å²) in [5.74, 6) is -0.270. The smallest absolute Gasteiger partial charge is 0.258 e. The first-order chi connectivity index (χ1) is 12.5. The molecular weight excluding hydrogens is 356 g/mol. The maximum absolute atomic E-state index is 13.1. The molecule has 0 bridgehead atoms. The Balaban J connectivity index is 2.02. The number of rotatable bonds is 4. The topological polar surface area (TPSA) is 81.9 Å². The van der Waals surface area contributed by atoms with Gasteiger partial charge < -0.3 is 20.1 Å². The molecule has 1 aliphatic rings. The van der Waals surface area contributed by atoms with Crippen molar-refractivity contribution in [1.29, 1.82) is 0 Å². The van der Waals surface area contributed by atoms with Gasteiger partial charge in [0.2, 0.25) is 5.91 Å². The molecule has 136 valence electrons. The molecule has 1 heterocycles. The third kappa shape index (κ3) is 3.08. The van der Waals surface area contributed by atoms with Gasteiger partial charge in [0, 0.05) is 17.8 Å². The summed E-state index contributed by atoms with van der Waals surface area (Å²) in [6, 6.07) is 10.4. The van der Waals surface area contributed by atoms with E-state index >= 15 is 0 Å². The van der Waals surface area contributed by atoms with Crippen LogP contribution in [-0.4, -0.2) is 32.6 Å². The first kappa shape index (κ1) is 18.1. The van der Waals surface area contributed by atoms with Crippen molar-refractivity contribution in [2.24, 2.45) is 5.73 Å². The van der Waals surface area contributed by atoms with Gasteiger partial charge >= 0.3 is 0 Å². The summed E-state index contributed by atoms with van der Waals surface area (Å²) in [5, 5.41) is 0.288. The number of carbonyl (C=O) groups excluding carboxylic acids is 2. The number of ether oxygens (including phenoxy) is 2. The zero-order valence-electron chi connectivity index (χ0n) is 14.5. The van der Waals surface area contributed by atoms with Crippen LogP contribution in [0.15, 0.2) is 36.4 Å². The number of methoxy groups -OCH3 is 2. The molecule has 2 aromatic rings. The van der Waals surface area contributed by atoms with Crippen LogP contribution in [0.2, 0.25) is 5.02 Å². The highest BCUT2D eigenvalue weighted by Crippen LogP contribution is 2.39. The van der Waals surface area contributed by atoms with Crippen LogP contribution in [0.5, 0.6) is 11.5 Å². The molecule has 1 unspecified atom stereocenters.